The number of hydrogen-bond acceptors (Lipinski definition) is 4. The average molecular weight is 364 g/mol. The molecule has 2 rings (SSSR count). The van der Waals surface area contributed by atoms with Gasteiger partial charge in [0.25, 0.3) is 0 Å². The molecule has 112 valence electrons. The van der Waals surface area contributed by atoms with Crippen LogP contribution in [0.15, 0.2) is 27.6 Å². The summed E-state index contributed by atoms with van der Waals surface area (Å²) in [6.45, 7) is 2.72. The number of benzene rings is 1. The second-order valence-corrected chi connectivity index (χ2v) is 7.86. The van der Waals surface area contributed by atoms with Crippen LogP contribution in [0.1, 0.15) is 6.92 Å². The van der Waals surface area contributed by atoms with Crippen LogP contribution in [0.25, 0.3) is 0 Å². The van der Waals surface area contributed by atoms with Gasteiger partial charge < -0.3 is 9.84 Å². The highest BCUT2D eigenvalue weighted by Crippen LogP contribution is 2.33. The lowest BCUT2D eigenvalue weighted by atomic mass is 10.00. The summed E-state index contributed by atoms with van der Waals surface area (Å²) in [4.78, 5) is 0.153. The fourth-order valence-corrected chi connectivity index (χ4v) is 4.70. The Morgan fingerprint density at radius 1 is 1.45 bits per heavy atom. The number of aliphatic hydroxyl groups excluding tert-OH is 1. The van der Waals surface area contributed by atoms with E-state index < -0.39 is 10.0 Å². The zero-order chi connectivity index (χ0) is 14.9. The zero-order valence-electron chi connectivity index (χ0n) is 11.4. The van der Waals surface area contributed by atoms with Crippen LogP contribution in [0.5, 0.6) is 5.75 Å². The monoisotopic (exact) mass is 363 g/mol. The maximum absolute atomic E-state index is 12.7. The van der Waals surface area contributed by atoms with Crippen molar-refractivity contribution >= 4 is 26.0 Å². The molecule has 1 heterocycles. The Balaban J connectivity index is 2.39. The minimum absolute atomic E-state index is 0.00278. The molecule has 1 aliphatic heterocycles. The normalized spacial score (nSPS) is 24.0. The van der Waals surface area contributed by atoms with Gasteiger partial charge in [0.15, 0.2) is 0 Å². The van der Waals surface area contributed by atoms with Crippen molar-refractivity contribution < 1.29 is 18.3 Å². The van der Waals surface area contributed by atoms with Crippen molar-refractivity contribution in [2.75, 3.05) is 26.8 Å². The van der Waals surface area contributed by atoms with Crippen LogP contribution in [-0.2, 0) is 10.0 Å². The summed E-state index contributed by atoms with van der Waals surface area (Å²) in [5, 5.41) is 9.28. The highest BCUT2D eigenvalue weighted by molar-refractivity contribution is 9.10. The van der Waals surface area contributed by atoms with Gasteiger partial charge in [-0.3, -0.25) is 0 Å². The zero-order valence-corrected chi connectivity index (χ0v) is 13.8. The first-order chi connectivity index (χ1) is 9.40. The Bertz CT molecular complexity index is 590. The van der Waals surface area contributed by atoms with Crippen molar-refractivity contribution in [1.29, 1.82) is 0 Å². The van der Waals surface area contributed by atoms with Crippen LogP contribution >= 0.6 is 15.9 Å². The van der Waals surface area contributed by atoms with Crippen LogP contribution in [0.4, 0.5) is 0 Å². The molecule has 0 radical (unpaired) electrons. The summed E-state index contributed by atoms with van der Waals surface area (Å²) in [5.74, 6) is 0.462. The standard InChI is InChI=1S/C13H18BrNO4S/c1-9-6-15(7-10(9)8-16)20(17,18)13-5-11(14)3-4-12(13)19-2/h3-5,9-10,16H,6-8H2,1-2H3/t9-,10+/m1/s1. The molecule has 0 aliphatic carbocycles. The topological polar surface area (TPSA) is 66.8 Å². The highest BCUT2D eigenvalue weighted by atomic mass is 79.9. The van der Waals surface area contributed by atoms with Crippen molar-refractivity contribution in [3.05, 3.63) is 22.7 Å². The molecule has 1 saturated heterocycles. The SMILES string of the molecule is COc1ccc(Br)cc1S(=O)(=O)N1C[C@@H](CO)[C@H](C)C1. The molecule has 0 saturated carbocycles. The third-order valence-electron chi connectivity index (χ3n) is 3.71. The van der Waals surface area contributed by atoms with Crippen LogP contribution in [0.3, 0.4) is 0 Å². The van der Waals surface area contributed by atoms with Gasteiger partial charge in [0.05, 0.1) is 7.11 Å². The van der Waals surface area contributed by atoms with Crippen LogP contribution < -0.4 is 4.74 Å². The number of aliphatic hydroxyl groups is 1. The maximum atomic E-state index is 12.7. The number of hydrogen-bond donors (Lipinski definition) is 1. The fourth-order valence-electron chi connectivity index (χ4n) is 2.41. The van der Waals surface area contributed by atoms with E-state index in [1.807, 2.05) is 6.92 Å². The Hall–Kier alpha value is -0.630. The average Bonchev–Trinajstić information content (AvgIpc) is 2.80. The molecule has 1 aromatic rings. The number of rotatable bonds is 4. The van der Waals surface area contributed by atoms with Gasteiger partial charge in [0.1, 0.15) is 10.6 Å². The van der Waals surface area contributed by atoms with Crippen LogP contribution in [0, 0.1) is 11.8 Å². The summed E-state index contributed by atoms with van der Waals surface area (Å²) >= 11 is 3.29. The largest absolute Gasteiger partial charge is 0.495 e. The van der Waals surface area contributed by atoms with Gasteiger partial charge in [-0.2, -0.15) is 4.31 Å². The molecular formula is C13H18BrNO4S. The van der Waals surface area contributed by atoms with Gasteiger partial charge in [0, 0.05) is 24.2 Å². The number of halogens is 1. The first kappa shape index (κ1) is 15.8. The molecule has 1 N–H and O–H groups in total. The summed E-state index contributed by atoms with van der Waals surface area (Å²) in [7, 11) is -2.16. The van der Waals surface area contributed by atoms with E-state index in [1.165, 1.54) is 11.4 Å². The second kappa shape index (κ2) is 6.01. The number of ether oxygens (including phenoxy) is 1. The minimum Gasteiger partial charge on any atom is -0.495 e. The quantitative estimate of drug-likeness (QED) is 0.883. The van der Waals surface area contributed by atoms with Gasteiger partial charge in [-0.25, -0.2) is 8.42 Å². The van der Waals surface area contributed by atoms with Gasteiger partial charge >= 0.3 is 0 Å². The lowest BCUT2D eigenvalue weighted by molar-refractivity contribution is 0.210. The first-order valence-electron chi connectivity index (χ1n) is 6.34. The van der Waals surface area contributed by atoms with Crippen molar-refractivity contribution in [1.82, 2.24) is 4.31 Å². The Morgan fingerprint density at radius 3 is 2.70 bits per heavy atom. The van der Waals surface area contributed by atoms with E-state index in [-0.39, 0.29) is 23.3 Å². The van der Waals surface area contributed by atoms with E-state index >= 15 is 0 Å². The second-order valence-electron chi connectivity index (χ2n) is 5.04. The number of sulfonamides is 1. The third-order valence-corrected chi connectivity index (χ3v) is 6.06. The molecule has 0 amide bonds. The Morgan fingerprint density at radius 2 is 2.15 bits per heavy atom. The predicted molar refractivity (Wildman–Crippen MR) is 79.2 cm³/mol. The van der Waals surface area contributed by atoms with E-state index in [0.717, 1.165) is 0 Å². The molecule has 2 atom stereocenters. The summed E-state index contributed by atoms with van der Waals surface area (Å²) in [5.41, 5.74) is 0. The minimum atomic E-state index is -3.61. The van der Waals surface area contributed by atoms with Gasteiger partial charge in [0.2, 0.25) is 10.0 Å². The summed E-state index contributed by atoms with van der Waals surface area (Å²) in [6.07, 6.45) is 0. The highest BCUT2D eigenvalue weighted by Gasteiger charge is 2.38. The first-order valence-corrected chi connectivity index (χ1v) is 8.58. The summed E-state index contributed by atoms with van der Waals surface area (Å²) in [6, 6.07) is 4.91. The molecule has 0 spiro atoms. The molecule has 20 heavy (non-hydrogen) atoms. The fraction of sp³-hybridized carbons (Fsp3) is 0.538. The molecule has 1 aliphatic rings. The molecule has 0 aromatic heterocycles. The molecule has 0 unspecified atom stereocenters. The van der Waals surface area contributed by atoms with E-state index in [4.69, 9.17) is 4.74 Å². The van der Waals surface area contributed by atoms with Crippen LogP contribution in [0.2, 0.25) is 0 Å². The summed E-state index contributed by atoms with van der Waals surface area (Å²) < 4.78 is 32.7. The predicted octanol–water partition coefficient (Wildman–Crippen LogP) is 1.71. The van der Waals surface area contributed by atoms with Crippen molar-refractivity contribution in [2.24, 2.45) is 11.8 Å². The third kappa shape index (κ3) is 2.86. The van der Waals surface area contributed by atoms with Crippen molar-refractivity contribution in [3.63, 3.8) is 0 Å². The van der Waals surface area contributed by atoms with Gasteiger partial charge in [-0.15, -0.1) is 0 Å². The molecule has 5 nitrogen and oxygen atoms in total. The van der Waals surface area contributed by atoms with E-state index in [0.29, 0.717) is 23.3 Å². The Labute approximate surface area is 127 Å². The van der Waals surface area contributed by atoms with Crippen LogP contribution in [-0.4, -0.2) is 44.6 Å². The number of nitrogens with zero attached hydrogens (tertiary/aromatic N) is 1. The van der Waals surface area contributed by atoms with E-state index in [2.05, 4.69) is 15.9 Å². The number of methoxy groups -OCH3 is 1. The Kier molecular flexibility index (Phi) is 4.73. The smallest absolute Gasteiger partial charge is 0.246 e. The van der Waals surface area contributed by atoms with Crippen molar-refractivity contribution in [3.8, 4) is 5.75 Å². The molecule has 7 heteroatoms. The maximum Gasteiger partial charge on any atom is 0.246 e. The molecular weight excluding hydrogens is 346 g/mol. The van der Waals surface area contributed by atoms with Gasteiger partial charge in [-0.05, 0) is 30.0 Å². The van der Waals surface area contributed by atoms with Crippen molar-refractivity contribution in [2.45, 2.75) is 11.8 Å². The van der Waals surface area contributed by atoms with E-state index in [1.54, 1.807) is 18.2 Å². The lowest BCUT2D eigenvalue weighted by Crippen LogP contribution is -2.29. The molecule has 0 bridgehead atoms. The molecule has 1 aromatic carbocycles. The lowest BCUT2D eigenvalue weighted by Gasteiger charge is -2.18. The molecule has 1 fully saturated rings. The van der Waals surface area contributed by atoms with E-state index in [9.17, 15) is 13.5 Å². The van der Waals surface area contributed by atoms with Gasteiger partial charge in [-0.1, -0.05) is 22.9 Å².